The Labute approximate surface area is 195 Å². The molecule has 168 valence electrons. The molecule has 0 spiro atoms. The third kappa shape index (κ3) is 3.98. The minimum absolute atomic E-state index is 0.0453. The van der Waals surface area contributed by atoms with E-state index in [0.717, 1.165) is 25.9 Å². The molecule has 32 heavy (non-hydrogen) atoms. The maximum atomic E-state index is 13.2. The third-order valence-electron chi connectivity index (χ3n) is 7.04. The average molecular weight is 452 g/mol. The fraction of sp³-hybridized carbons (Fsp3) is 0.462. The zero-order chi connectivity index (χ0) is 23.1. The molecule has 1 heterocycles. The van der Waals surface area contributed by atoms with E-state index < -0.39 is 0 Å². The van der Waals surface area contributed by atoms with E-state index in [4.69, 9.17) is 21.6 Å². The number of nitrogens with zero attached hydrogens (tertiary/aromatic N) is 1. The predicted molar refractivity (Wildman–Crippen MR) is 126 cm³/mol. The quantitative estimate of drug-likeness (QED) is 0.717. The summed E-state index contributed by atoms with van der Waals surface area (Å²) >= 11 is 6.18. The van der Waals surface area contributed by atoms with E-state index in [1.807, 2.05) is 12.1 Å². The van der Waals surface area contributed by atoms with Gasteiger partial charge in [-0.1, -0.05) is 45.4 Å². The van der Waals surface area contributed by atoms with Crippen LogP contribution in [0.15, 0.2) is 36.4 Å². The fourth-order valence-corrected chi connectivity index (χ4v) is 5.84. The van der Waals surface area contributed by atoms with Gasteiger partial charge in [-0.15, -0.1) is 0 Å². The van der Waals surface area contributed by atoms with E-state index in [1.54, 1.807) is 18.2 Å². The second-order valence-corrected chi connectivity index (χ2v) is 10.4. The SMILES string of the molecule is CC1(C)[C@H](NC(=O)c2ccc3c(c2)CCNCC3)C(C)(C)[C@H]1Oc1ccc(C#N)c(Cl)c1. The molecule has 2 aromatic carbocycles. The summed E-state index contributed by atoms with van der Waals surface area (Å²) in [6.45, 7) is 10.4. The van der Waals surface area contributed by atoms with Gasteiger partial charge >= 0.3 is 0 Å². The molecule has 6 heteroatoms. The fourth-order valence-electron chi connectivity index (χ4n) is 5.63. The van der Waals surface area contributed by atoms with Crippen molar-refractivity contribution in [2.45, 2.75) is 52.7 Å². The van der Waals surface area contributed by atoms with Gasteiger partial charge in [-0.2, -0.15) is 5.26 Å². The molecule has 5 nitrogen and oxygen atoms in total. The Balaban J connectivity index is 1.49. The Bertz CT molecular complexity index is 1070. The predicted octanol–water partition coefficient (Wildman–Crippen LogP) is 4.51. The van der Waals surface area contributed by atoms with Crippen molar-refractivity contribution in [1.29, 1.82) is 5.26 Å². The summed E-state index contributed by atoms with van der Waals surface area (Å²) in [5.41, 5.74) is 3.15. The van der Waals surface area contributed by atoms with E-state index in [9.17, 15) is 4.79 Å². The van der Waals surface area contributed by atoms with Crippen LogP contribution in [0, 0.1) is 22.2 Å². The van der Waals surface area contributed by atoms with Crippen molar-refractivity contribution in [2.75, 3.05) is 13.1 Å². The molecule has 2 aromatic rings. The number of hydrogen-bond donors (Lipinski definition) is 2. The Morgan fingerprint density at radius 3 is 2.44 bits per heavy atom. The highest BCUT2D eigenvalue weighted by atomic mass is 35.5. The molecule has 1 aliphatic heterocycles. The van der Waals surface area contributed by atoms with Gasteiger partial charge in [0.25, 0.3) is 5.91 Å². The van der Waals surface area contributed by atoms with E-state index in [-0.39, 0.29) is 28.9 Å². The highest BCUT2D eigenvalue weighted by molar-refractivity contribution is 6.31. The summed E-state index contributed by atoms with van der Waals surface area (Å²) in [5.74, 6) is 0.584. The molecule has 0 atom stereocenters. The lowest BCUT2D eigenvalue weighted by molar-refractivity contribution is -0.164. The molecule has 1 fully saturated rings. The van der Waals surface area contributed by atoms with Crippen LogP contribution in [0.2, 0.25) is 5.02 Å². The molecule has 1 saturated carbocycles. The largest absolute Gasteiger partial charge is 0.489 e. The smallest absolute Gasteiger partial charge is 0.251 e. The van der Waals surface area contributed by atoms with Crippen LogP contribution in [-0.2, 0) is 12.8 Å². The van der Waals surface area contributed by atoms with Crippen molar-refractivity contribution in [3.63, 3.8) is 0 Å². The normalized spacial score (nSPS) is 23.1. The number of nitriles is 1. The van der Waals surface area contributed by atoms with Gasteiger partial charge in [-0.25, -0.2) is 0 Å². The number of halogens is 1. The maximum absolute atomic E-state index is 13.2. The lowest BCUT2D eigenvalue weighted by atomic mass is 9.49. The van der Waals surface area contributed by atoms with Crippen LogP contribution in [-0.4, -0.2) is 31.1 Å². The summed E-state index contributed by atoms with van der Waals surface area (Å²) < 4.78 is 6.31. The molecule has 0 radical (unpaired) electrons. The number of hydrogen-bond acceptors (Lipinski definition) is 4. The maximum Gasteiger partial charge on any atom is 0.251 e. The van der Waals surface area contributed by atoms with Crippen molar-refractivity contribution in [2.24, 2.45) is 10.8 Å². The molecule has 2 aliphatic rings. The summed E-state index contributed by atoms with van der Waals surface area (Å²) in [6.07, 6.45) is 1.82. The van der Waals surface area contributed by atoms with Crippen LogP contribution in [0.4, 0.5) is 0 Å². The molecule has 4 rings (SSSR count). The van der Waals surface area contributed by atoms with Crippen LogP contribution in [0.3, 0.4) is 0 Å². The van der Waals surface area contributed by atoms with Crippen LogP contribution < -0.4 is 15.4 Å². The lowest BCUT2D eigenvalue weighted by Gasteiger charge is -2.63. The Kier molecular flexibility index (Phi) is 5.96. The van der Waals surface area contributed by atoms with Gasteiger partial charge in [0.15, 0.2) is 0 Å². The van der Waals surface area contributed by atoms with Gasteiger partial charge in [0.1, 0.15) is 17.9 Å². The van der Waals surface area contributed by atoms with Crippen molar-refractivity contribution in [3.8, 4) is 11.8 Å². The number of nitrogens with one attached hydrogen (secondary N) is 2. The Hall–Kier alpha value is -2.55. The number of fused-ring (bicyclic) bond motifs is 1. The molecule has 1 aliphatic carbocycles. The first-order valence-corrected chi connectivity index (χ1v) is 11.5. The Morgan fingerprint density at radius 2 is 1.78 bits per heavy atom. The second kappa shape index (κ2) is 8.42. The van der Waals surface area contributed by atoms with E-state index >= 15 is 0 Å². The van der Waals surface area contributed by atoms with Crippen molar-refractivity contribution >= 4 is 17.5 Å². The summed E-state index contributed by atoms with van der Waals surface area (Å²) in [5, 5.41) is 16.2. The number of carbonyl (C=O) groups excluding carboxylic acids is 1. The number of carbonyl (C=O) groups is 1. The van der Waals surface area contributed by atoms with Crippen molar-refractivity contribution in [1.82, 2.24) is 10.6 Å². The number of amides is 1. The molecular formula is C26H30ClN3O2. The minimum Gasteiger partial charge on any atom is -0.489 e. The third-order valence-corrected chi connectivity index (χ3v) is 7.35. The minimum atomic E-state index is -0.283. The van der Waals surface area contributed by atoms with Crippen LogP contribution in [0.1, 0.15) is 54.7 Å². The van der Waals surface area contributed by atoms with E-state index in [1.165, 1.54) is 11.1 Å². The Morgan fingerprint density at radius 1 is 1.09 bits per heavy atom. The molecule has 1 amide bonds. The average Bonchev–Trinajstić information content (AvgIpc) is 3.00. The van der Waals surface area contributed by atoms with Crippen LogP contribution >= 0.6 is 11.6 Å². The van der Waals surface area contributed by atoms with Crippen LogP contribution in [0.5, 0.6) is 5.75 Å². The van der Waals surface area contributed by atoms with Crippen molar-refractivity contribution < 1.29 is 9.53 Å². The highest BCUT2D eigenvalue weighted by Crippen LogP contribution is 2.55. The van der Waals surface area contributed by atoms with Crippen LogP contribution in [0.25, 0.3) is 0 Å². The van der Waals surface area contributed by atoms with E-state index in [0.29, 0.717) is 21.9 Å². The number of rotatable bonds is 4. The second-order valence-electron chi connectivity index (χ2n) is 10.0. The van der Waals surface area contributed by atoms with Gasteiger partial charge in [0.2, 0.25) is 0 Å². The first kappa shape index (κ1) is 22.6. The summed E-state index contributed by atoms with van der Waals surface area (Å²) in [6, 6.07) is 13.2. The van der Waals surface area contributed by atoms with Gasteiger partial charge in [-0.3, -0.25) is 4.79 Å². The van der Waals surface area contributed by atoms with Gasteiger partial charge in [-0.05, 0) is 61.3 Å². The first-order valence-electron chi connectivity index (χ1n) is 11.1. The lowest BCUT2D eigenvalue weighted by Crippen LogP contribution is -2.74. The standard InChI is InChI=1S/C26H30ClN3O2/c1-25(2)23(26(3,4)24(25)32-20-8-7-19(15-28)21(27)14-20)30-22(31)18-6-5-16-9-11-29-12-10-17(16)13-18/h5-8,13-14,23-24,29H,9-12H2,1-4H3,(H,30,31)/t23-,24-. The van der Waals surface area contributed by atoms with Gasteiger partial charge < -0.3 is 15.4 Å². The molecule has 0 aromatic heterocycles. The number of ether oxygens (including phenoxy) is 1. The summed E-state index contributed by atoms with van der Waals surface area (Å²) in [4.78, 5) is 13.2. The molecule has 0 bridgehead atoms. The zero-order valence-electron chi connectivity index (χ0n) is 19.1. The molecule has 0 unspecified atom stereocenters. The van der Waals surface area contributed by atoms with Gasteiger partial charge in [0.05, 0.1) is 10.6 Å². The molecule has 2 N–H and O–H groups in total. The van der Waals surface area contributed by atoms with Gasteiger partial charge in [0, 0.05) is 28.5 Å². The van der Waals surface area contributed by atoms with Crippen molar-refractivity contribution in [3.05, 3.63) is 63.7 Å². The highest BCUT2D eigenvalue weighted by Gasteiger charge is 2.64. The topological polar surface area (TPSA) is 74.2 Å². The first-order chi connectivity index (χ1) is 15.1. The zero-order valence-corrected chi connectivity index (χ0v) is 19.8. The van der Waals surface area contributed by atoms with E-state index in [2.05, 4.69) is 50.5 Å². The molecule has 0 saturated heterocycles. The monoisotopic (exact) mass is 451 g/mol. The summed E-state index contributed by atoms with van der Waals surface area (Å²) in [7, 11) is 0. The number of benzene rings is 2. The molecular weight excluding hydrogens is 422 g/mol.